The lowest BCUT2D eigenvalue weighted by atomic mass is 10.0. The van der Waals surface area contributed by atoms with E-state index in [0.717, 1.165) is 39.2 Å². The molecular formula is C26H24N6O2. The van der Waals surface area contributed by atoms with Crippen LogP contribution in [-0.2, 0) is 11.2 Å². The molecular weight excluding hydrogens is 428 g/mol. The average molecular weight is 453 g/mol. The van der Waals surface area contributed by atoms with Crippen LogP contribution in [0.25, 0.3) is 27.8 Å². The van der Waals surface area contributed by atoms with Crippen molar-refractivity contribution in [1.82, 2.24) is 25.2 Å². The molecule has 0 aliphatic rings. The van der Waals surface area contributed by atoms with Gasteiger partial charge >= 0.3 is 0 Å². The van der Waals surface area contributed by atoms with E-state index in [1.165, 1.54) is 0 Å². The molecule has 2 heterocycles. The molecule has 0 spiro atoms. The second-order valence-electron chi connectivity index (χ2n) is 7.99. The minimum absolute atomic E-state index is 0.0588. The first kappa shape index (κ1) is 21.4. The first-order valence-corrected chi connectivity index (χ1v) is 11.0. The van der Waals surface area contributed by atoms with Crippen molar-refractivity contribution in [2.45, 2.75) is 19.8 Å². The van der Waals surface area contributed by atoms with E-state index >= 15 is 0 Å². The Bertz CT molecular complexity index is 1450. The van der Waals surface area contributed by atoms with Gasteiger partial charge in [-0.2, -0.15) is 4.68 Å². The summed E-state index contributed by atoms with van der Waals surface area (Å²) >= 11 is 0. The van der Waals surface area contributed by atoms with Gasteiger partial charge < -0.3 is 15.0 Å². The van der Waals surface area contributed by atoms with Gasteiger partial charge in [-0.25, -0.2) is 0 Å². The fourth-order valence-electron chi connectivity index (χ4n) is 4.11. The number of amides is 1. The third-order valence-corrected chi connectivity index (χ3v) is 5.79. The number of carbonyl (C=O) groups is 1. The molecule has 2 N–H and O–H groups in total. The summed E-state index contributed by atoms with van der Waals surface area (Å²) in [5, 5.41) is 15.7. The number of para-hydroxylation sites is 1. The summed E-state index contributed by atoms with van der Waals surface area (Å²) in [4.78, 5) is 16.4. The summed E-state index contributed by atoms with van der Waals surface area (Å²) in [7, 11) is 1.65. The van der Waals surface area contributed by atoms with Crippen molar-refractivity contribution in [2.24, 2.45) is 0 Å². The predicted octanol–water partition coefficient (Wildman–Crippen LogP) is 4.70. The number of aromatic amines is 1. The topological polar surface area (TPSA) is 97.7 Å². The number of aromatic nitrogens is 5. The van der Waals surface area contributed by atoms with E-state index in [9.17, 15) is 4.79 Å². The largest absolute Gasteiger partial charge is 0.497 e. The molecule has 5 aromatic rings. The van der Waals surface area contributed by atoms with Crippen LogP contribution in [0.2, 0.25) is 0 Å². The number of rotatable bonds is 7. The first-order valence-electron chi connectivity index (χ1n) is 11.0. The highest BCUT2D eigenvalue weighted by Gasteiger charge is 2.15. The Balaban J connectivity index is 1.36. The Hall–Kier alpha value is -4.46. The zero-order valence-corrected chi connectivity index (χ0v) is 18.9. The fraction of sp³-hybridized carbons (Fsp3) is 0.154. The van der Waals surface area contributed by atoms with Crippen molar-refractivity contribution in [1.29, 1.82) is 0 Å². The lowest BCUT2D eigenvalue weighted by Crippen LogP contribution is -2.13. The molecule has 0 radical (unpaired) electrons. The number of hydrogen-bond acceptors (Lipinski definition) is 5. The van der Waals surface area contributed by atoms with E-state index in [2.05, 4.69) is 38.0 Å². The highest BCUT2D eigenvalue weighted by molar-refractivity contribution is 5.94. The third-order valence-electron chi connectivity index (χ3n) is 5.79. The van der Waals surface area contributed by atoms with E-state index in [-0.39, 0.29) is 5.91 Å². The summed E-state index contributed by atoms with van der Waals surface area (Å²) in [6.45, 7) is 1.83. The average Bonchev–Trinajstić information content (AvgIpc) is 3.46. The van der Waals surface area contributed by atoms with Crippen LogP contribution < -0.4 is 10.1 Å². The summed E-state index contributed by atoms with van der Waals surface area (Å²) in [6.07, 6.45) is 0.947. The van der Waals surface area contributed by atoms with Crippen LogP contribution in [0, 0.1) is 6.92 Å². The normalized spacial score (nSPS) is 11.0. The van der Waals surface area contributed by atoms with Crippen molar-refractivity contribution in [3.05, 3.63) is 84.2 Å². The number of nitrogens with zero attached hydrogens (tertiary/aromatic N) is 4. The molecule has 170 valence electrons. The van der Waals surface area contributed by atoms with E-state index in [1.54, 1.807) is 11.8 Å². The molecule has 0 unspecified atom stereocenters. The van der Waals surface area contributed by atoms with Crippen LogP contribution in [0.3, 0.4) is 0 Å². The van der Waals surface area contributed by atoms with Gasteiger partial charge in [0.25, 0.3) is 0 Å². The Kier molecular flexibility index (Phi) is 5.78. The summed E-state index contributed by atoms with van der Waals surface area (Å²) in [5.41, 5.74) is 5.73. The minimum Gasteiger partial charge on any atom is -0.497 e. The van der Waals surface area contributed by atoms with E-state index in [1.807, 2.05) is 67.6 Å². The molecule has 8 nitrogen and oxygen atoms in total. The quantitative estimate of drug-likeness (QED) is 0.373. The number of hydrogen-bond donors (Lipinski definition) is 2. The smallest absolute Gasteiger partial charge is 0.224 e. The number of carbonyl (C=O) groups excluding carboxylic acids is 1. The van der Waals surface area contributed by atoms with Gasteiger partial charge in [0, 0.05) is 28.7 Å². The van der Waals surface area contributed by atoms with Crippen molar-refractivity contribution < 1.29 is 9.53 Å². The molecule has 0 fully saturated rings. The van der Waals surface area contributed by atoms with E-state index < -0.39 is 0 Å². The molecule has 0 saturated heterocycles. The SMILES string of the molecule is COc1ccc(-c2[nH]c3ccccc3c2CCC(=O)Nc2cccc(-n3nnnc3C)c2)cc1. The van der Waals surface area contributed by atoms with Gasteiger partial charge in [-0.05, 0) is 83.4 Å². The van der Waals surface area contributed by atoms with Crippen molar-refractivity contribution in [3.8, 4) is 22.7 Å². The maximum atomic E-state index is 12.9. The summed E-state index contributed by atoms with van der Waals surface area (Å²) in [6, 6.07) is 23.6. The highest BCUT2D eigenvalue weighted by Crippen LogP contribution is 2.32. The molecule has 2 aromatic heterocycles. The maximum absolute atomic E-state index is 12.9. The number of aryl methyl sites for hydroxylation is 2. The van der Waals surface area contributed by atoms with Crippen LogP contribution in [-0.4, -0.2) is 38.2 Å². The van der Waals surface area contributed by atoms with Crippen LogP contribution in [0.4, 0.5) is 5.69 Å². The second kappa shape index (κ2) is 9.19. The van der Waals surface area contributed by atoms with Crippen LogP contribution in [0.5, 0.6) is 5.75 Å². The van der Waals surface area contributed by atoms with E-state index in [4.69, 9.17) is 4.74 Å². The fourth-order valence-corrected chi connectivity index (χ4v) is 4.11. The monoisotopic (exact) mass is 452 g/mol. The number of anilines is 1. The maximum Gasteiger partial charge on any atom is 0.224 e. The highest BCUT2D eigenvalue weighted by atomic mass is 16.5. The number of tetrazole rings is 1. The van der Waals surface area contributed by atoms with Crippen LogP contribution >= 0.6 is 0 Å². The van der Waals surface area contributed by atoms with Gasteiger partial charge in [0.1, 0.15) is 5.75 Å². The molecule has 8 heteroatoms. The molecule has 0 saturated carbocycles. The predicted molar refractivity (Wildman–Crippen MR) is 131 cm³/mol. The standard InChI is InChI=1S/C26H24N6O2/c1-17-29-30-31-32(17)20-7-5-6-19(16-20)27-25(33)15-14-23-22-8-3-4-9-24(22)28-26(23)18-10-12-21(34-2)13-11-18/h3-13,16,28H,14-15H2,1-2H3,(H,27,33). The lowest BCUT2D eigenvalue weighted by molar-refractivity contribution is -0.116. The lowest BCUT2D eigenvalue weighted by Gasteiger charge is -2.09. The number of H-pyrrole nitrogens is 1. The van der Waals surface area contributed by atoms with Gasteiger partial charge in [0.15, 0.2) is 5.82 Å². The Labute approximate surface area is 196 Å². The molecule has 3 aromatic carbocycles. The minimum atomic E-state index is -0.0588. The molecule has 0 aliphatic heterocycles. The number of fused-ring (bicyclic) bond motifs is 1. The van der Waals surface area contributed by atoms with Crippen LogP contribution in [0.1, 0.15) is 17.8 Å². The van der Waals surface area contributed by atoms with Gasteiger partial charge in [-0.3, -0.25) is 4.79 Å². The van der Waals surface area contributed by atoms with Gasteiger partial charge in [-0.15, -0.1) is 5.10 Å². The molecule has 5 rings (SSSR count). The Morgan fingerprint density at radius 3 is 2.65 bits per heavy atom. The Morgan fingerprint density at radius 1 is 1.06 bits per heavy atom. The number of nitrogens with one attached hydrogen (secondary N) is 2. The molecule has 0 atom stereocenters. The zero-order valence-electron chi connectivity index (χ0n) is 18.9. The summed E-state index contributed by atoms with van der Waals surface area (Å²) < 4.78 is 6.92. The molecule has 34 heavy (non-hydrogen) atoms. The molecule has 1 amide bonds. The number of ether oxygens (including phenoxy) is 1. The molecule has 0 aliphatic carbocycles. The van der Waals surface area contributed by atoms with Crippen molar-refractivity contribution >= 4 is 22.5 Å². The van der Waals surface area contributed by atoms with Crippen molar-refractivity contribution in [3.63, 3.8) is 0 Å². The second-order valence-corrected chi connectivity index (χ2v) is 7.99. The van der Waals surface area contributed by atoms with Gasteiger partial charge in [0.2, 0.25) is 5.91 Å². The Morgan fingerprint density at radius 2 is 1.88 bits per heavy atom. The van der Waals surface area contributed by atoms with Crippen LogP contribution in [0.15, 0.2) is 72.8 Å². The number of methoxy groups -OCH3 is 1. The zero-order chi connectivity index (χ0) is 23.5. The molecule has 0 bridgehead atoms. The first-order chi connectivity index (χ1) is 16.6. The van der Waals surface area contributed by atoms with E-state index in [0.29, 0.717) is 24.4 Å². The summed E-state index contributed by atoms with van der Waals surface area (Å²) in [5.74, 6) is 1.42. The third kappa shape index (κ3) is 4.25. The van der Waals surface area contributed by atoms with Gasteiger partial charge in [0.05, 0.1) is 12.8 Å². The number of benzene rings is 3. The van der Waals surface area contributed by atoms with Gasteiger partial charge in [-0.1, -0.05) is 24.3 Å². The van der Waals surface area contributed by atoms with Crippen molar-refractivity contribution in [2.75, 3.05) is 12.4 Å².